The lowest BCUT2D eigenvalue weighted by molar-refractivity contribution is -0.123. The Balaban J connectivity index is 2.19. The van der Waals surface area contributed by atoms with Crippen LogP contribution in [0, 0.1) is 5.92 Å². The summed E-state index contributed by atoms with van der Waals surface area (Å²) in [5.41, 5.74) is 0. The number of rotatable bonds is 8. The third-order valence-electron chi connectivity index (χ3n) is 3.88. The minimum absolute atomic E-state index is 0.0948. The van der Waals surface area contributed by atoms with Gasteiger partial charge in [0.15, 0.2) is 0 Å². The normalized spacial score (nSPS) is 21.8. The van der Waals surface area contributed by atoms with Gasteiger partial charge >= 0.3 is 0 Å². The van der Waals surface area contributed by atoms with Crippen LogP contribution in [0.4, 0.5) is 0 Å². The molecule has 0 radical (unpaired) electrons. The predicted octanol–water partition coefficient (Wildman–Crippen LogP) is 1.77. The number of carbonyl (C=O) groups excluding carboxylic acids is 1. The van der Waals surface area contributed by atoms with Crippen LogP contribution in [0.3, 0.4) is 0 Å². The third kappa shape index (κ3) is 6.39. The van der Waals surface area contributed by atoms with Gasteiger partial charge in [0.05, 0.1) is 13.2 Å². The molecule has 2 N–H and O–H groups in total. The van der Waals surface area contributed by atoms with Gasteiger partial charge in [-0.1, -0.05) is 26.7 Å². The molecular weight excluding hydrogens is 240 g/mol. The van der Waals surface area contributed by atoms with Gasteiger partial charge in [-0.3, -0.25) is 9.69 Å². The maximum atomic E-state index is 11.9. The zero-order valence-corrected chi connectivity index (χ0v) is 12.7. The van der Waals surface area contributed by atoms with E-state index in [1.807, 2.05) is 0 Å². The van der Waals surface area contributed by atoms with Crippen LogP contribution in [0.25, 0.3) is 0 Å². The molecule has 4 heteroatoms. The van der Waals surface area contributed by atoms with Gasteiger partial charge < -0.3 is 10.4 Å². The number of aliphatic hydroxyl groups is 1. The highest BCUT2D eigenvalue weighted by molar-refractivity contribution is 5.78. The second kappa shape index (κ2) is 8.54. The number of carbonyl (C=O) groups is 1. The van der Waals surface area contributed by atoms with Crippen LogP contribution < -0.4 is 5.32 Å². The number of nitrogens with one attached hydrogen (secondary N) is 1. The van der Waals surface area contributed by atoms with Gasteiger partial charge in [0.25, 0.3) is 0 Å². The minimum atomic E-state index is 0.0948. The first-order valence-corrected chi connectivity index (χ1v) is 7.67. The molecule has 1 aliphatic heterocycles. The molecule has 1 unspecified atom stereocenters. The van der Waals surface area contributed by atoms with E-state index in [2.05, 4.69) is 31.0 Å². The summed E-state index contributed by atoms with van der Waals surface area (Å²) in [6.07, 6.45) is 5.53. The summed E-state index contributed by atoms with van der Waals surface area (Å²) in [7, 11) is 0. The largest absolute Gasteiger partial charge is 0.395 e. The Morgan fingerprint density at radius 3 is 2.74 bits per heavy atom. The standard InChI is InChI=1S/C15H30N2O2/c1-12(2)6-4-7-13(3)16-15(19)10-17-9-5-8-14(17)11-18/h12-14,18H,4-11H2,1-3H3,(H,16,19)/t13?,14-/m0/s1. The van der Waals surface area contributed by atoms with Gasteiger partial charge in [-0.05, 0) is 38.6 Å². The monoisotopic (exact) mass is 270 g/mol. The van der Waals surface area contributed by atoms with Crippen molar-refractivity contribution in [3.63, 3.8) is 0 Å². The first kappa shape index (κ1) is 16.4. The molecule has 0 aromatic rings. The van der Waals surface area contributed by atoms with Crippen LogP contribution in [0.15, 0.2) is 0 Å². The Morgan fingerprint density at radius 1 is 1.37 bits per heavy atom. The van der Waals surface area contributed by atoms with E-state index >= 15 is 0 Å². The van der Waals surface area contributed by atoms with Gasteiger partial charge in [0, 0.05) is 12.1 Å². The van der Waals surface area contributed by atoms with Crippen molar-refractivity contribution in [3.05, 3.63) is 0 Å². The number of likely N-dealkylation sites (tertiary alicyclic amines) is 1. The third-order valence-corrected chi connectivity index (χ3v) is 3.88. The van der Waals surface area contributed by atoms with Gasteiger partial charge in [-0.25, -0.2) is 0 Å². The van der Waals surface area contributed by atoms with E-state index in [-0.39, 0.29) is 24.6 Å². The highest BCUT2D eigenvalue weighted by atomic mass is 16.3. The molecule has 2 atom stereocenters. The van der Waals surface area contributed by atoms with E-state index in [9.17, 15) is 9.90 Å². The fraction of sp³-hybridized carbons (Fsp3) is 0.933. The van der Waals surface area contributed by atoms with Crippen LogP contribution in [0.5, 0.6) is 0 Å². The van der Waals surface area contributed by atoms with Gasteiger partial charge in [-0.2, -0.15) is 0 Å². The smallest absolute Gasteiger partial charge is 0.234 e. The maximum absolute atomic E-state index is 11.9. The minimum Gasteiger partial charge on any atom is -0.395 e. The van der Waals surface area contributed by atoms with E-state index in [0.29, 0.717) is 6.54 Å². The van der Waals surface area contributed by atoms with Crippen molar-refractivity contribution in [2.75, 3.05) is 19.7 Å². The summed E-state index contributed by atoms with van der Waals surface area (Å²) < 4.78 is 0. The predicted molar refractivity (Wildman–Crippen MR) is 78.0 cm³/mol. The lowest BCUT2D eigenvalue weighted by Gasteiger charge is -2.23. The highest BCUT2D eigenvalue weighted by Crippen LogP contribution is 2.15. The van der Waals surface area contributed by atoms with Crippen molar-refractivity contribution in [2.45, 2.75) is 65.0 Å². The second-order valence-corrected chi connectivity index (χ2v) is 6.24. The number of amides is 1. The Hall–Kier alpha value is -0.610. The SMILES string of the molecule is CC(C)CCCC(C)NC(=O)CN1CCC[C@H]1CO. The Labute approximate surface area is 117 Å². The number of hydrogen-bond donors (Lipinski definition) is 2. The average molecular weight is 270 g/mol. The van der Waals surface area contributed by atoms with E-state index in [1.54, 1.807) is 0 Å². The Bertz CT molecular complexity index is 269. The second-order valence-electron chi connectivity index (χ2n) is 6.24. The molecule has 112 valence electrons. The van der Waals surface area contributed by atoms with E-state index in [0.717, 1.165) is 31.7 Å². The number of hydrogen-bond acceptors (Lipinski definition) is 3. The zero-order chi connectivity index (χ0) is 14.3. The van der Waals surface area contributed by atoms with Crippen molar-refractivity contribution >= 4 is 5.91 Å². The van der Waals surface area contributed by atoms with Crippen LogP contribution in [-0.2, 0) is 4.79 Å². The lowest BCUT2D eigenvalue weighted by Crippen LogP contribution is -2.43. The maximum Gasteiger partial charge on any atom is 0.234 e. The summed E-state index contributed by atoms with van der Waals surface area (Å²) in [5, 5.41) is 12.3. The average Bonchev–Trinajstić information content (AvgIpc) is 2.75. The van der Waals surface area contributed by atoms with E-state index in [1.165, 1.54) is 12.8 Å². The molecule has 1 fully saturated rings. The number of aliphatic hydroxyl groups excluding tert-OH is 1. The van der Waals surface area contributed by atoms with Gasteiger partial charge in [0.1, 0.15) is 0 Å². The molecule has 1 heterocycles. The first-order chi connectivity index (χ1) is 9.02. The molecule has 0 spiro atoms. The summed E-state index contributed by atoms with van der Waals surface area (Å²) in [5.74, 6) is 0.829. The summed E-state index contributed by atoms with van der Waals surface area (Å²) in [6.45, 7) is 8.06. The van der Waals surface area contributed by atoms with Crippen LogP contribution >= 0.6 is 0 Å². The van der Waals surface area contributed by atoms with Crippen molar-refractivity contribution < 1.29 is 9.90 Å². The first-order valence-electron chi connectivity index (χ1n) is 7.67. The van der Waals surface area contributed by atoms with Gasteiger partial charge in [-0.15, -0.1) is 0 Å². The fourth-order valence-corrected chi connectivity index (χ4v) is 2.72. The summed E-state index contributed by atoms with van der Waals surface area (Å²) >= 11 is 0. The number of nitrogens with zero attached hydrogens (tertiary/aromatic N) is 1. The molecule has 19 heavy (non-hydrogen) atoms. The summed E-state index contributed by atoms with van der Waals surface area (Å²) in [6, 6.07) is 0.434. The van der Waals surface area contributed by atoms with Crippen molar-refractivity contribution in [1.82, 2.24) is 10.2 Å². The molecule has 0 bridgehead atoms. The molecule has 0 aromatic carbocycles. The molecule has 1 amide bonds. The topological polar surface area (TPSA) is 52.6 Å². The van der Waals surface area contributed by atoms with Crippen LogP contribution in [0.1, 0.15) is 52.9 Å². The quantitative estimate of drug-likeness (QED) is 0.707. The zero-order valence-electron chi connectivity index (χ0n) is 12.7. The van der Waals surface area contributed by atoms with Crippen LogP contribution in [0.2, 0.25) is 0 Å². The lowest BCUT2D eigenvalue weighted by atomic mass is 10.0. The molecule has 0 aliphatic carbocycles. The van der Waals surface area contributed by atoms with Crippen molar-refractivity contribution in [1.29, 1.82) is 0 Å². The molecule has 0 aromatic heterocycles. The molecule has 1 rings (SSSR count). The molecule has 0 saturated carbocycles. The molecule has 1 saturated heterocycles. The molecule has 4 nitrogen and oxygen atoms in total. The van der Waals surface area contributed by atoms with Crippen molar-refractivity contribution in [3.8, 4) is 0 Å². The van der Waals surface area contributed by atoms with Crippen LogP contribution in [-0.4, -0.2) is 47.7 Å². The van der Waals surface area contributed by atoms with E-state index in [4.69, 9.17) is 0 Å². The van der Waals surface area contributed by atoms with Crippen molar-refractivity contribution in [2.24, 2.45) is 5.92 Å². The van der Waals surface area contributed by atoms with E-state index < -0.39 is 0 Å². The fourth-order valence-electron chi connectivity index (χ4n) is 2.72. The molecular formula is C15H30N2O2. The summed E-state index contributed by atoms with van der Waals surface area (Å²) in [4.78, 5) is 14.0. The van der Waals surface area contributed by atoms with Gasteiger partial charge in [0.2, 0.25) is 5.91 Å². The molecule has 1 aliphatic rings. The Kier molecular flexibility index (Phi) is 7.39. The Morgan fingerprint density at radius 2 is 2.11 bits per heavy atom. The highest BCUT2D eigenvalue weighted by Gasteiger charge is 2.25.